The number of nitrogens with one attached hydrogen (secondary N) is 1. The SMILES string of the molecule is NCCCC[C@H](N[C@H]1CCc2ccccc2[N+]([O-])(CC(=O)O)C1)C(=O)O. The lowest BCUT2D eigenvalue weighted by atomic mass is 10.0. The zero-order valence-corrected chi connectivity index (χ0v) is 14.8. The topological polar surface area (TPSA) is 136 Å². The zero-order valence-electron chi connectivity index (χ0n) is 14.8. The number of benzene rings is 1. The maximum absolute atomic E-state index is 13.3. The Morgan fingerprint density at radius 2 is 2.04 bits per heavy atom. The third kappa shape index (κ3) is 5.25. The van der Waals surface area contributed by atoms with Crippen molar-refractivity contribution in [3.8, 4) is 0 Å². The molecule has 8 heteroatoms. The maximum atomic E-state index is 13.3. The fourth-order valence-corrected chi connectivity index (χ4v) is 3.55. The summed E-state index contributed by atoms with van der Waals surface area (Å²) < 4.78 is -0.988. The van der Waals surface area contributed by atoms with Gasteiger partial charge in [0, 0.05) is 5.56 Å². The average Bonchev–Trinajstić information content (AvgIpc) is 2.70. The molecule has 26 heavy (non-hydrogen) atoms. The van der Waals surface area contributed by atoms with Crippen molar-refractivity contribution in [3.63, 3.8) is 0 Å². The van der Waals surface area contributed by atoms with Gasteiger partial charge in [-0.05, 0) is 38.3 Å². The molecule has 0 aromatic heterocycles. The molecule has 8 nitrogen and oxygen atoms in total. The summed E-state index contributed by atoms with van der Waals surface area (Å²) in [5.41, 5.74) is 6.73. The lowest BCUT2D eigenvalue weighted by Gasteiger charge is -2.42. The van der Waals surface area contributed by atoms with E-state index in [1.165, 1.54) is 0 Å². The Kier molecular flexibility index (Phi) is 7.10. The minimum Gasteiger partial charge on any atom is -0.627 e. The molecular formula is C18H27N3O5. The van der Waals surface area contributed by atoms with Crippen LogP contribution < -0.4 is 15.7 Å². The minimum absolute atomic E-state index is 0.00994. The lowest BCUT2D eigenvalue weighted by Crippen LogP contribution is -2.56. The largest absolute Gasteiger partial charge is 0.627 e. The summed E-state index contributed by atoms with van der Waals surface area (Å²) in [7, 11) is 0. The highest BCUT2D eigenvalue weighted by Gasteiger charge is 2.34. The molecule has 0 aliphatic carbocycles. The quantitative estimate of drug-likeness (QED) is 0.292. The standard InChI is InChI=1S/C18H27N3O5/c19-10-4-3-6-15(18(24)25)20-14-9-8-13-5-1-2-7-16(13)21(26,11-14)12-17(22)23/h1-2,5,7,14-15,20H,3-4,6,8-12,19H2,(H,22,23)(H,24,25)/t14-,15-,21?/m0/s1. The zero-order chi connectivity index (χ0) is 19.2. The van der Waals surface area contributed by atoms with Crippen LogP contribution in [0.2, 0.25) is 0 Å². The number of hydrogen-bond donors (Lipinski definition) is 4. The fourth-order valence-electron chi connectivity index (χ4n) is 3.55. The number of quaternary nitrogens is 1. The van der Waals surface area contributed by atoms with E-state index in [-0.39, 0.29) is 12.6 Å². The van der Waals surface area contributed by atoms with Crippen LogP contribution in [-0.4, -0.2) is 53.9 Å². The summed E-state index contributed by atoms with van der Waals surface area (Å²) in [6.07, 6.45) is 3.03. The van der Waals surface area contributed by atoms with Crippen LogP contribution in [0.3, 0.4) is 0 Å². The molecule has 1 aromatic rings. The first kappa shape index (κ1) is 20.3. The number of hydrogen-bond acceptors (Lipinski definition) is 5. The number of carbonyl (C=O) groups is 2. The van der Waals surface area contributed by atoms with Crippen molar-refractivity contribution in [2.75, 3.05) is 19.6 Å². The third-order valence-corrected chi connectivity index (χ3v) is 4.78. The molecule has 0 saturated heterocycles. The summed E-state index contributed by atoms with van der Waals surface area (Å²) >= 11 is 0. The molecule has 0 saturated carbocycles. The number of nitrogens with two attached hydrogens (primary N) is 1. The molecule has 0 spiro atoms. The number of fused-ring (bicyclic) bond motifs is 1. The van der Waals surface area contributed by atoms with Gasteiger partial charge in [0.05, 0.1) is 12.6 Å². The molecule has 1 aliphatic heterocycles. The Hall–Kier alpha value is -2.00. The van der Waals surface area contributed by atoms with E-state index >= 15 is 0 Å². The van der Waals surface area contributed by atoms with Crippen LogP contribution >= 0.6 is 0 Å². The highest BCUT2D eigenvalue weighted by Crippen LogP contribution is 2.31. The van der Waals surface area contributed by atoms with Gasteiger partial charge in [0.1, 0.15) is 11.7 Å². The van der Waals surface area contributed by atoms with Crippen LogP contribution in [0.5, 0.6) is 0 Å². The molecule has 5 N–H and O–H groups in total. The predicted molar refractivity (Wildman–Crippen MR) is 98.5 cm³/mol. The van der Waals surface area contributed by atoms with Gasteiger partial charge in [-0.1, -0.05) is 24.6 Å². The van der Waals surface area contributed by atoms with E-state index < -0.39 is 29.2 Å². The number of carboxylic acid groups (broad SMARTS) is 2. The summed E-state index contributed by atoms with van der Waals surface area (Å²) in [5, 5.41) is 35.1. The summed E-state index contributed by atoms with van der Waals surface area (Å²) in [6.45, 7) is -0.0890. The van der Waals surface area contributed by atoms with Gasteiger partial charge >= 0.3 is 11.9 Å². The Bertz CT molecular complexity index is 639. The van der Waals surface area contributed by atoms with Crippen molar-refractivity contribution in [1.82, 2.24) is 9.96 Å². The van der Waals surface area contributed by atoms with Gasteiger partial charge in [-0.15, -0.1) is 0 Å². The molecular weight excluding hydrogens is 338 g/mol. The van der Waals surface area contributed by atoms with Crippen LogP contribution in [0.4, 0.5) is 5.69 Å². The number of para-hydroxylation sites is 1. The predicted octanol–water partition coefficient (Wildman–Crippen LogP) is 1.06. The number of carboxylic acids is 2. The number of aryl methyl sites for hydroxylation is 1. The van der Waals surface area contributed by atoms with Crippen molar-refractivity contribution in [1.29, 1.82) is 0 Å². The van der Waals surface area contributed by atoms with Gasteiger partial charge in [0.2, 0.25) is 0 Å². The summed E-state index contributed by atoms with van der Waals surface area (Å²) in [4.78, 5) is 22.8. The second-order valence-electron chi connectivity index (χ2n) is 6.83. The average molecular weight is 365 g/mol. The summed E-state index contributed by atoms with van der Waals surface area (Å²) in [6, 6.07) is 5.91. The maximum Gasteiger partial charge on any atom is 0.360 e. The Morgan fingerprint density at radius 3 is 2.69 bits per heavy atom. The molecule has 1 aliphatic rings. The van der Waals surface area contributed by atoms with Crippen LogP contribution in [0.15, 0.2) is 24.3 Å². The monoisotopic (exact) mass is 365 g/mol. The van der Waals surface area contributed by atoms with Gasteiger partial charge < -0.3 is 25.8 Å². The number of nitrogens with zero attached hydrogens (tertiary/aromatic N) is 1. The van der Waals surface area contributed by atoms with Gasteiger partial charge in [0.15, 0.2) is 6.54 Å². The van der Waals surface area contributed by atoms with Crippen LogP contribution in [0.25, 0.3) is 0 Å². The second-order valence-corrected chi connectivity index (χ2v) is 6.83. The lowest BCUT2D eigenvalue weighted by molar-refractivity contribution is -0.140. The fraction of sp³-hybridized carbons (Fsp3) is 0.556. The molecule has 1 heterocycles. The van der Waals surface area contributed by atoms with E-state index in [0.717, 1.165) is 12.0 Å². The van der Waals surface area contributed by atoms with E-state index in [1.807, 2.05) is 12.1 Å². The van der Waals surface area contributed by atoms with Crippen molar-refractivity contribution in [2.45, 2.75) is 44.2 Å². The first-order valence-electron chi connectivity index (χ1n) is 8.93. The van der Waals surface area contributed by atoms with Crippen LogP contribution in [-0.2, 0) is 16.0 Å². The summed E-state index contributed by atoms with van der Waals surface area (Å²) in [5.74, 6) is -2.14. The number of unbranched alkanes of at least 4 members (excludes halogenated alkanes) is 1. The molecule has 0 amide bonds. The first-order valence-corrected chi connectivity index (χ1v) is 8.93. The third-order valence-electron chi connectivity index (χ3n) is 4.78. The number of rotatable bonds is 9. The normalized spacial score (nSPS) is 23.7. The van der Waals surface area contributed by atoms with E-state index in [0.29, 0.717) is 37.9 Å². The Morgan fingerprint density at radius 1 is 1.31 bits per heavy atom. The molecule has 1 aromatic carbocycles. The highest BCUT2D eigenvalue weighted by molar-refractivity contribution is 5.74. The molecule has 1 unspecified atom stereocenters. The molecule has 0 fully saturated rings. The molecule has 0 bridgehead atoms. The van der Waals surface area contributed by atoms with E-state index in [1.54, 1.807) is 12.1 Å². The van der Waals surface area contributed by atoms with Crippen LogP contribution in [0.1, 0.15) is 31.2 Å². The highest BCUT2D eigenvalue weighted by atomic mass is 16.6. The van der Waals surface area contributed by atoms with Crippen molar-refractivity contribution < 1.29 is 19.8 Å². The van der Waals surface area contributed by atoms with Gasteiger partial charge in [0.25, 0.3) is 0 Å². The van der Waals surface area contributed by atoms with Crippen molar-refractivity contribution in [3.05, 3.63) is 35.0 Å². The van der Waals surface area contributed by atoms with Crippen molar-refractivity contribution >= 4 is 17.6 Å². The van der Waals surface area contributed by atoms with Crippen molar-refractivity contribution in [2.24, 2.45) is 5.73 Å². The van der Waals surface area contributed by atoms with E-state index in [2.05, 4.69) is 5.32 Å². The van der Waals surface area contributed by atoms with E-state index in [4.69, 9.17) is 5.73 Å². The Labute approximate surface area is 152 Å². The molecule has 2 rings (SSSR count). The van der Waals surface area contributed by atoms with Crippen LogP contribution in [0, 0.1) is 5.21 Å². The molecule has 3 atom stereocenters. The molecule has 144 valence electrons. The van der Waals surface area contributed by atoms with E-state index in [9.17, 15) is 25.0 Å². The smallest absolute Gasteiger partial charge is 0.360 e. The first-order chi connectivity index (χ1) is 12.4. The van der Waals surface area contributed by atoms with Gasteiger partial charge in [-0.25, -0.2) is 4.79 Å². The number of aliphatic carboxylic acids is 2. The minimum atomic E-state index is -1.17. The molecule has 0 radical (unpaired) electrons. The van der Waals surface area contributed by atoms with Gasteiger partial charge in [-0.3, -0.25) is 10.1 Å². The number of hydroxylamine groups is 2. The second kappa shape index (κ2) is 9.09. The van der Waals surface area contributed by atoms with Gasteiger partial charge in [-0.2, -0.15) is 0 Å². The Balaban J connectivity index is 2.18.